The first kappa shape index (κ1) is 12.4. The van der Waals surface area contributed by atoms with Crippen molar-refractivity contribution in [3.8, 4) is 0 Å². The first-order chi connectivity index (χ1) is 8.22. The summed E-state index contributed by atoms with van der Waals surface area (Å²) in [5.41, 5.74) is 7.21. The maximum atomic E-state index is 5.90. The van der Waals surface area contributed by atoms with Crippen LogP contribution in [0.25, 0.3) is 0 Å². The fourth-order valence-corrected chi connectivity index (χ4v) is 3.08. The highest BCUT2D eigenvalue weighted by atomic mass is 32.1. The van der Waals surface area contributed by atoms with Crippen molar-refractivity contribution in [2.75, 3.05) is 13.6 Å². The minimum atomic E-state index is 0.264. The third kappa shape index (κ3) is 2.77. The van der Waals surface area contributed by atoms with Crippen LogP contribution in [0.1, 0.15) is 22.2 Å². The molecule has 0 spiro atoms. The molecular formula is C13H18N2OS. The second kappa shape index (κ2) is 5.49. The predicted molar refractivity (Wildman–Crippen MR) is 71.0 cm³/mol. The van der Waals surface area contributed by atoms with Gasteiger partial charge in [-0.1, -0.05) is 0 Å². The average Bonchev–Trinajstić information content (AvgIpc) is 2.92. The average molecular weight is 250 g/mol. The molecular weight excluding hydrogens is 232 g/mol. The highest BCUT2D eigenvalue weighted by Crippen LogP contribution is 2.28. The largest absolute Gasteiger partial charge is 0.468 e. The molecule has 2 N–H and O–H groups in total. The van der Waals surface area contributed by atoms with Crippen LogP contribution in [0.3, 0.4) is 0 Å². The molecule has 0 fully saturated rings. The minimum absolute atomic E-state index is 0.264. The van der Waals surface area contributed by atoms with Gasteiger partial charge in [-0.05, 0) is 43.1 Å². The Morgan fingerprint density at radius 1 is 1.47 bits per heavy atom. The second-order valence-corrected chi connectivity index (χ2v) is 5.16. The number of nitrogens with two attached hydrogens (primary N) is 1. The van der Waals surface area contributed by atoms with E-state index in [0.717, 1.165) is 12.3 Å². The molecule has 3 nitrogen and oxygen atoms in total. The number of likely N-dealkylation sites (N-methyl/N-ethyl adjacent to an activating group) is 1. The summed E-state index contributed by atoms with van der Waals surface area (Å²) in [6, 6.07) is 6.31. The summed E-state index contributed by atoms with van der Waals surface area (Å²) in [5.74, 6) is 0.972. The van der Waals surface area contributed by atoms with Crippen molar-refractivity contribution < 1.29 is 4.42 Å². The molecule has 0 radical (unpaired) electrons. The summed E-state index contributed by atoms with van der Waals surface area (Å²) in [7, 11) is 2.08. The van der Waals surface area contributed by atoms with E-state index in [-0.39, 0.29) is 6.04 Å². The van der Waals surface area contributed by atoms with E-state index in [4.69, 9.17) is 10.2 Å². The molecule has 0 aromatic carbocycles. The monoisotopic (exact) mass is 250 g/mol. The number of rotatable bonds is 5. The quantitative estimate of drug-likeness (QED) is 0.887. The van der Waals surface area contributed by atoms with Gasteiger partial charge in [-0.15, -0.1) is 11.3 Å². The lowest BCUT2D eigenvalue weighted by atomic mass is 10.1. The Kier molecular flexibility index (Phi) is 3.99. The summed E-state index contributed by atoms with van der Waals surface area (Å²) >= 11 is 1.77. The maximum absolute atomic E-state index is 5.90. The number of hydrogen-bond acceptors (Lipinski definition) is 4. The van der Waals surface area contributed by atoms with Crippen molar-refractivity contribution in [3.63, 3.8) is 0 Å². The standard InChI is InChI=1S/C13H18N2OS/c1-10-5-7-17-13(10)12(8-14)15(2)9-11-4-3-6-16-11/h3-7,12H,8-9,14H2,1-2H3. The smallest absolute Gasteiger partial charge is 0.117 e. The van der Waals surface area contributed by atoms with Crippen LogP contribution in [0.15, 0.2) is 34.3 Å². The lowest BCUT2D eigenvalue weighted by Crippen LogP contribution is -2.29. The Morgan fingerprint density at radius 2 is 2.29 bits per heavy atom. The number of aryl methyl sites for hydroxylation is 1. The van der Waals surface area contributed by atoms with E-state index in [1.54, 1.807) is 17.6 Å². The van der Waals surface area contributed by atoms with E-state index < -0.39 is 0 Å². The molecule has 1 atom stereocenters. The fraction of sp³-hybridized carbons (Fsp3) is 0.385. The number of hydrogen-bond donors (Lipinski definition) is 1. The van der Waals surface area contributed by atoms with Gasteiger partial charge in [0.05, 0.1) is 18.8 Å². The van der Waals surface area contributed by atoms with Gasteiger partial charge in [0, 0.05) is 11.4 Å². The molecule has 17 heavy (non-hydrogen) atoms. The van der Waals surface area contributed by atoms with Crippen LogP contribution >= 0.6 is 11.3 Å². The van der Waals surface area contributed by atoms with E-state index >= 15 is 0 Å². The van der Waals surface area contributed by atoms with Crippen LogP contribution in [-0.4, -0.2) is 18.5 Å². The van der Waals surface area contributed by atoms with Crippen molar-refractivity contribution in [3.05, 3.63) is 46.0 Å². The molecule has 0 amide bonds. The van der Waals surface area contributed by atoms with Crippen LogP contribution in [-0.2, 0) is 6.54 Å². The molecule has 0 saturated carbocycles. The van der Waals surface area contributed by atoms with Crippen LogP contribution in [0.5, 0.6) is 0 Å². The molecule has 0 aliphatic heterocycles. The molecule has 4 heteroatoms. The van der Waals surface area contributed by atoms with Gasteiger partial charge in [-0.2, -0.15) is 0 Å². The molecule has 2 aromatic heterocycles. The molecule has 0 bridgehead atoms. The third-order valence-electron chi connectivity index (χ3n) is 2.95. The minimum Gasteiger partial charge on any atom is -0.468 e. The van der Waals surface area contributed by atoms with Gasteiger partial charge in [0.15, 0.2) is 0 Å². The summed E-state index contributed by atoms with van der Waals surface area (Å²) < 4.78 is 5.37. The zero-order valence-corrected chi connectivity index (χ0v) is 11.0. The van der Waals surface area contributed by atoms with Crippen LogP contribution in [0.4, 0.5) is 0 Å². The topological polar surface area (TPSA) is 42.4 Å². The van der Waals surface area contributed by atoms with Gasteiger partial charge >= 0.3 is 0 Å². The Morgan fingerprint density at radius 3 is 2.82 bits per heavy atom. The van der Waals surface area contributed by atoms with Crippen molar-refractivity contribution >= 4 is 11.3 Å². The number of furan rings is 1. The van der Waals surface area contributed by atoms with Gasteiger partial charge in [0.1, 0.15) is 5.76 Å². The normalized spacial score (nSPS) is 13.2. The van der Waals surface area contributed by atoms with E-state index in [9.17, 15) is 0 Å². The van der Waals surface area contributed by atoms with Crippen molar-refractivity contribution in [1.82, 2.24) is 4.90 Å². The highest BCUT2D eigenvalue weighted by Gasteiger charge is 2.19. The Labute approximate surface area is 106 Å². The Balaban J connectivity index is 2.11. The summed E-state index contributed by atoms with van der Waals surface area (Å²) in [4.78, 5) is 3.58. The Bertz CT molecular complexity index is 450. The first-order valence-corrected chi connectivity index (χ1v) is 6.57. The van der Waals surface area contributed by atoms with Gasteiger partial charge in [0.25, 0.3) is 0 Å². The molecule has 92 valence electrons. The maximum Gasteiger partial charge on any atom is 0.117 e. The summed E-state index contributed by atoms with van der Waals surface area (Å²) in [6.07, 6.45) is 1.71. The molecule has 1 unspecified atom stereocenters. The van der Waals surface area contributed by atoms with E-state index in [1.165, 1.54) is 10.4 Å². The second-order valence-electron chi connectivity index (χ2n) is 4.21. The molecule has 0 aliphatic rings. The van der Waals surface area contributed by atoms with Crippen molar-refractivity contribution in [2.24, 2.45) is 5.73 Å². The molecule has 2 aromatic rings. The molecule has 2 rings (SSSR count). The van der Waals surface area contributed by atoms with Gasteiger partial charge in [-0.25, -0.2) is 0 Å². The van der Waals surface area contributed by atoms with Gasteiger partial charge < -0.3 is 10.2 Å². The molecule has 2 heterocycles. The lowest BCUT2D eigenvalue weighted by Gasteiger charge is -2.25. The van der Waals surface area contributed by atoms with Crippen LogP contribution in [0.2, 0.25) is 0 Å². The van der Waals surface area contributed by atoms with E-state index in [1.807, 2.05) is 12.1 Å². The zero-order valence-electron chi connectivity index (χ0n) is 10.2. The zero-order chi connectivity index (χ0) is 12.3. The molecule has 0 saturated heterocycles. The summed E-state index contributed by atoms with van der Waals surface area (Å²) in [5, 5.41) is 2.12. The Hall–Kier alpha value is -1.10. The highest BCUT2D eigenvalue weighted by molar-refractivity contribution is 7.10. The van der Waals surface area contributed by atoms with E-state index in [0.29, 0.717) is 6.54 Å². The number of nitrogens with zero attached hydrogens (tertiary/aromatic N) is 1. The number of thiophene rings is 1. The van der Waals surface area contributed by atoms with Gasteiger partial charge in [0.2, 0.25) is 0 Å². The molecule has 0 aliphatic carbocycles. The third-order valence-corrected chi connectivity index (χ3v) is 4.07. The van der Waals surface area contributed by atoms with Crippen molar-refractivity contribution in [1.29, 1.82) is 0 Å². The lowest BCUT2D eigenvalue weighted by molar-refractivity contribution is 0.225. The van der Waals surface area contributed by atoms with Crippen LogP contribution in [0, 0.1) is 6.92 Å². The predicted octanol–water partition coefficient (Wildman–Crippen LogP) is 2.78. The summed E-state index contributed by atoms with van der Waals surface area (Å²) in [6.45, 7) is 3.54. The SMILES string of the molecule is Cc1ccsc1C(CN)N(C)Cc1ccco1. The van der Waals surface area contributed by atoms with E-state index in [2.05, 4.69) is 30.3 Å². The first-order valence-electron chi connectivity index (χ1n) is 5.69. The van der Waals surface area contributed by atoms with Crippen molar-refractivity contribution in [2.45, 2.75) is 19.5 Å². The fourth-order valence-electron chi connectivity index (χ4n) is 1.97. The van der Waals surface area contributed by atoms with Crippen LogP contribution < -0.4 is 5.73 Å². The van der Waals surface area contributed by atoms with Gasteiger partial charge in [-0.3, -0.25) is 4.90 Å².